The minimum absolute atomic E-state index is 0.331. The zero-order valence-electron chi connectivity index (χ0n) is 11.7. The lowest BCUT2D eigenvalue weighted by molar-refractivity contribution is 0.339. The lowest BCUT2D eigenvalue weighted by Crippen LogP contribution is -2.04. The molecule has 0 amide bonds. The summed E-state index contributed by atoms with van der Waals surface area (Å²) >= 11 is 0. The van der Waals surface area contributed by atoms with Gasteiger partial charge in [0.2, 0.25) is 0 Å². The van der Waals surface area contributed by atoms with Crippen LogP contribution in [0, 0.1) is 11.6 Å². The van der Waals surface area contributed by atoms with E-state index in [2.05, 4.69) is 0 Å². The summed E-state index contributed by atoms with van der Waals surface area (Å²) in [5.41, 5.74) is 5.88. The highest BCUT2D eigenvalue weighted by Gasteiger charge is 2.13. The first kappa shape index (κ1) is 15.3. The molecule has 2 rings (SSSR count). The summed E-state index contributed by atoms with van der Waals surface area (Å²) in [5, 5.41) is 0. The molecule has 0 saturated heterocycles. The Morgan fingerprint density at radius 3 is 2.10 bits per heavy atom. The number of benzene rings is 2. The molecule has 112 valence electrons. The van der Waals surface area contributed by atoms with E-state index in [0.29, 0.717) is 36.6 Å². The van der Waals surface area contributed by atoms with Crippen LogP contribution < -0.4 is 15.2 Å². The number of rotatable bonds is 6. The second-order valence-corrected chi connectivity index (χ2v) is 4.43. The molecule has 0 aliphatic rings. The molecular weight excluding hydrogens is 276 g/mol. The van der Waals surface area contributed by atoms with Crippen molar-refractivity contribution in [1.82, 2.24) is 0 Å². The summed E-state index contributed by atoms with van der Waals surface area (Å²) in [6.07, 6.45) is 0.414. The number of hydrogen-bond acceptors (Lipinski definition) is 3. The van der Waals surface area contributed by atoms with Gasteiger partial charge >= 0.3 is 0 Å². The molecule has 0 aliphatic heterocycles. The largest absolute Gasteiger partial charge is 0.494 e. The Balaban J connectivity index is 2.19. The summed E-state index contributed by atoms with van der Waals surface area (Å²) in [4.78, 5) is 0. The van der Waals surface area contributed by atoms with E-state index in [1.807, 2.05) is 6.92 Å². The molecule has 0 aliphatic carbocycles. The van der Waals surface area contributed by atoms with E-state index in [4.69, 9.17) is 15.2 Å². The van der Waals surface area contributed by atoms with Crippen molar-refractivity contribution >= 4 is 0 Å². The van der Waals surface area contributed by atoms with E-state index >= 15 is 0 Å². The van der Waals surface area contributed by atoms with E-state index in [-0.39, 0.29) is 0 Å². The minimum Gasteiger partial charge on any atom is -0.494 e. The van der Waals surface area contributed by atoms with Gasteiger partial charge in [0.1, 0.15) is 11.5 Å². The van der Waals surface area contributed by atoms with Crippen LogP contribution in [0.3, 0.4) is 0 Å². The Labute approximate surface area is 122 Å². The SMILES string of the molecule is CCOc1ccc(Oc2c(F)cc(CCN)cc2F)cc1. The highest BCUT2D eigenvalue weighted by Crippen LogP contribution is 2.29. The highest BCUT2D eigenvalue weighted by atomic mass is 19.1. The molecule has 0 saturated carbocycles. The van der Waals surface area contributed by atoms with Crippen molar-refractivity contribution in [2.45, 2.75) is 13.3 Å². The predicted octanol–water partition coefficient (Wildman–Crippen LogP) is 3.66. The molecule has 0 aromatic heterocycles. The first-order valence-electron chi connectivity index (χ1n) is 6.72. The van der Waals surface area contributed by atoms with Crippen LogP contribution in [0.2, 0.25) is 0 Å². The van der Waals surface area contributed by atoms with Gasteiger partial charge in [0.25, 0.3) is 0 Å². The van der Waals surface area contributed by atoms with Crippen molar-refractivity contribution < 1.29 is 18.3 Å². The first-order valence-corrected chi connectivity index (χ1v) is 6.72. The second-order valence-electron chi connectivity index (χ2n) is 4.43. The average Bonchev–Trinajstić information content (AvgIpc) is 2.45. The topological polar surface area (TPSA) is 44.5 Å². The van der Waals surface area contributed by atoms with Gasteiger partial charge in [0, 0.05) is 0 Å². The lowest BCUT2D eigenvalue weighted by atomic mass is 10.1. The van der Waals surface area contributed by atoms with E-state index in [1.54, 1.807) is 24.3 Å². The quantitative estimate of drug-likeness (QED) is 0.884. The Hall–Kier alpha value is -2.14. The van der Waals surface area contributed by atoms with Crippen molar-refractivity contribution in [2.75, 3.05) is 13.2 Å². The van der Waals surface area contributed by atoms with Gasteiger partial charge in [0.15, 0.2) is 17.4 Å². The normalized spacial score (nSPS) is 10.5. The summed E-state index contributed by atoms with van der Waals surface area (Å²) in [5.74, 6) is -0.897. The van der Waals surface area contributed by atoms with Crippen molar-refractivity contribution in [1.29, 1.82) is 0 Å². The van der Waals surface area contributed by atoms with Crippen LogP contribution in [0.15, 0.2) is 36.4 Å². The molecule has 0 heterocycles. The lowest BCUT2D eigenvalue weighted by Gasteiger charge is -2.10. The zero-order chi connectivity index (χ0) is 15.2. The van der Waals surface area contributed by atoms with Crippen LogP contribution in [-0.2, 0) is 6.42 Å². The fourth-order valence-corrected chi connectivity index (χ4v) is 1.91. The summed E-state index contributed by atoms with van der Waals surface area (Å²) in [6, 6.07) is 9.02. The predicted molar refractivity (Wildman–Crippen MR) is 76.8 cm³/mol. The Morgan fingerprint density at radius 2 is 1.57 bits per heavy atom. The monoisotopic (exact) mass is 293 g/mol. The number of ether oxygens (including phenoxy) is 2. The molecule has 5 heteroatoms. The Kier molecular flexibility index (Phi) is 5.11. The Bertz CT molecular complexity index is 577. The summed E-state index contributed by atoms with van der Waals surface area (Å²) in [7, 11) is 0. The Morgan fingerprint density at radius 1 is 1.00 bits per heavy atom. The van der Waals surface area contributed by atoms with E-state index in [9.17, 15) is 8.78 Å². The van der Waals surface area contributed by atoms with Gasteiger partial charge < -0.3 is 15.2 Å². The molecule has 21 heavy (non-hydrogen) atoms. The van der Waals surface area contributed by atoms with Gasteiger partial charge in [-0.2, -0.15) is 0 Å². The summed E-state index contributed by atoms with van der Waals surface area (Å²) in [6.45, 7) is 2.75. The molecule has 2 aromatic carbocycles. The van der Waals surface area contributed by atoms with Crippen LogP contribution in [0.1, 0.15) is 12.5 Å². The van der Waals surface area contributed by atoms with Gasteiger partial charge in [-0.25, -0.2) is 8.78 Å². The van der Waals surface area contributed by atoms with Gasteiger partial charge in [-0.3, -0.25) is 0 Å². The molecule has 2 N–H and O–H groups in total. The fourth-order valence-electron chi connectivity index (χ4n) is 1.91. The van der Waals surface area contributed by atoms with Crippen molar-refractivity contribution in [2.24, 2.45) is 5.73 Å². The molecule has 0 spiro atoms. The fraction of sp³-hybridized carbons (Fsp3) is 0.250. The molecule has 3 nitrogen and oxygen atoms in total. The molecule has 0 unspecified atom stereocenters. The molecule has 2 aromatic rings. The third-order valence-corrected chi connectivity index (χ3v) is 2.85. The zero-order valence-corrected chi connectivity index (χ0v) is 11.7. The molecule has 0 atom stereocenters. The van der Waals surface area contributed by atoms with Crippen molar-refractivity contribution in [3.63, 3.8) is 0 Å². The van der Waals surface area contributed by atoms with E-state index in [1.165, 1.54) is 12.1 Å². The number of halogens is 2. The molecule has 0 fully saturated rings. The van der Waals surface area contributed by atoms with Gasteiger partial charge in [-0.05, 0) is 61.9 Å². The molecule has 0 bridgehead atoms. The van der Waals surface area contributed by atoms with Gasteiger partial charge in [-0.15, -0.1) is 0 Å². The van der Waals surface area contributed by atoms with Crippen LogP contribution in [0.25, 0.3) is 0 Å². The van der Waals surface area contributed by atoms with Crippen molar-refractivity contribution in [3.8, 4) is 17.2 Å². The van der Waals surface area contributed by atoms with E-state index < -0.39 is 17.4 Å². The third-order valence-electron chi connectivity index (χ3n) is 2.85. The first-order chi connectivity index (χ1) is 10.1. The van der Waals surface area contributed by atoms with Crippen LogP contribution in [-0.4, -0.2) is 13.2 Å². The standard InChI is InChI=1S/C16H17F2NO2/c1-2-20-12-3-5-13(6-4-12)21-16-14(17)9-11(7-8-19)10-15(16)18/h3-6,9-10H,2,7-8,19H2,1H3. The van der Waals surface area contributed by atoms with Crippen molar-refractivity contribution in [3.05, 3.63) is 53.6 Å². The third kappa shape index (κ3) is 3.92. The van der Waals surface area contributed by atoms with Crippen LogP contribution in [0.4, 0.5) is 8.78 Å². The highest BCUT2D eigenvalue weighted by molar-refractivity contribution is 5.38. The van der Waals surface area contributed by atoms with Gasteiger partial charge in [-0.1, -0.05) is 0 Å². The van der Waals surface area contributed by atoms with Crippen LogP contribution in [0.5, 0.6) is 17.2 Å². The maximum Gasteiger partial charge on any atom is 0.198 e. The maximum absolute atomic E-state index is 13.9. The average molecular weight is 293 g/mol. The molecule has 0 radical (unpaired) electrons. The molecular formula is C16H17F2NO2. The summed E-state index contributed by atoms with van der Waals surface area (Å²) < 4.78 is 38.3. The van der Waals surface area contributed by atoms with E-state index in [0.717, 1.165) is 0 Å². The maximum atomic E-state index is 13.9. The number of nitrogens with two attached hydrogens (primary N) is 1. The van der Waals surface area contributed by atoms with Gasteiger partial charge in [0.05, 0.1) is 6.61 Å². The van der Waals surface area contributed by atoms with Crippen LogP contribution >= 0.6 is 0 Å². The smallest absolute Gasteiger partial charge is 0.198 e. The number of hydrogen-bond donors (Lipinski definition) is 1. The second kappa shape index (κ2) is 7.04. The minimum atomic E-state index is -0.743.